The predicted octanol–water partition coefficient (Wildman–Crippen LogP) is 10.1. The smallest absolute Gasteiger partial charge is 0.162 e. The monoisotopic (exact) mass is 731 g/mol. The number of rotatable bonds is 9. The number of aryl methyl sites for hydroxylation is 2. The molecule has 0 amide bonds. The van der Waals surface area contributed by atoms with Crippen molar-refractivity contribution in [2.24, 2.45) is 23.7 Å². The number of carbonyl (C=O) groups is 1. The number of pyridine rings is 1. The summed E-state index contributed by atoms with van der Waals surface area (Å²) in [5.74, 6) is 3.26. The zero-order valence-corrected chi connectivity index (χ0v) is 28.2. The van der Waals surface area contributed by atoms with Crippen molar-refractivity contribution in [3.63, 3.8) is 0 Å². The van der Waals surface area contributed by atoms with Crippen molar-refractivity contribution in [3.8, 4) is 11.3 Å². The van der Waals surface area contributed by atoms with Crippen LogP contribution in [-0.4, -0.2) is 15.9 Å². The third kappa shape index (κ3) is 8.17. The van der Waals surface area contributed by atoms with Gasteiger partial charge in [0.2, 0.25) is 0 Å². The Morgan fingerprint density at radius 2 is 1.66 bits per heavy atom. The molecule has 0 aliphatic heterocycles. The van der Waals surface area contributed by atoms with Crippen LogP contribution in [0.15, 0.2) is 54.3 Å². The minimum absolute atomic E-state index is 0. The summed E-state index contributed by atoms with van der Waals surface area (Å²) in [6.45, 7) is 12.3. The summed E-state index contributed by atoms with van der Waals surface area (Å²) < 4.78 is 0. The van der Waals surface area contributed by atoms with Crippen LogP contribution in [0, 0.1) is 43.6 Å². The van der Waals surface area contributed by atoms with Gasteiger partial charge in [-0.1, -0.05) is 66.2 Å². The Labute approximate surface area is 261 Å². The maximum Gasteiger partial charge on any atom is 0.162 e. The minimum Gasteiger partial charge on any atom is -0.512 e. The maximum absolute atomic E-state index is 11.7. The number of hydrogen-bond donors (Lipinski definition) is 1. The first-order valence-electron chi connectivity index (χ1n) is 15.6. The van der Waals surface area contributed by atoms with E-state index in [1.54, 1.807) is 0 Å². The Morgan fingerprint density at radius 3 is 2.24 bits per heavy atom. The van der Waals surface area contributed by atoms with Crippen LogP contribution < -0.4 is 0 Å². The van der Waals surface area contributed by atoms with Gasteiger partial charge >= 0.3 is 0 Å². The van der Waals surface area contributed by atoms with Gasteiger partial charge < -0.3 is 5.11 Å². The van der Waals surface area contributed by atoms with Crippen LogP contribution in [0.5, 0.6) is 0 Å². The van der Waals surface area contributed by atoms with Gasteiger partial charge in [-0.25, -0.2) is 0 Å². The van der Waals surface area contributed by atoms with Gasteiger partial charge in [0, 0.05) is 38.0 Å². The van der Waals surface area contributed by atoms with Gasteiger partial charge in [-0.05, 0) is 91.5 Å². The molecule has 5 rings (SSSR count). The molecule has 2 aliphatic rings. The summed E-state index contributed by atoms with van der Waals surface area (Å²) in [5, 5.41) is 11.0. The van der Waals surface area contributed by atoms with Crippen molar-refractivity contribution >= 4 is 16.7 Å². The van der Waals surface area contributed by atoms with Crippen LogP contribution in [0.4, 0.5) is 0 Å². The molecule has 2 fully saturated rings. The molecule has 3 nitrogen and oxygen atoms in total. The minimum atomic E-state index is 0. The van der Waals surface area contributed by atoms with Gasteiger partial charge in [-0.3, -0.25) is 9.78 Å². The molecule has 0 saturated heterocycles. The van der Waals surface area contributed by atoms with E-state index in [1.807, 2.05) is 27.7 Å². The number of ketones is 1. The molecule has 2 aromatic carbocycles. The fourth-order valence-electron chi connectivity index (χ4n) is 6.99. The van der Waals surface area contributed by atoms with E-state index in [-0.39, 0.29) is 43.5 Å². The topological polar surface area (TPSA) is 50.2 Å². The van der Waals surface area contributed by atoms with Crippen molar-refractivity contribution in [1.82, 2.24) is 4.98 Å². The molecule has 3 atom stereocenters. The van der Waals surface area contributed by atoms with Crippen molar-refractivity contribution in [2.75, 3.05) is 0 Å². The van der Waals surface area contributed by atoms with Gasteiger partial charge in [0.1, 0.15) is 0 Å². The van der Waals surface area contributed by atoms with E-state index >= 15 is 0 Å². The first-order valence-corrected chi connectivity index (χ1v) is 15.6. The first kappa shape index (κ1) is 33.2. The van der Waals surface area contributed by atoms with Gasteiger partial charge in [0.15, 0.2) is 5.78 Å². The molecule has 3 unspecified atom stereocenters. The molecule has 1 aromatic heterocycles. The number of carbonyl (C=O) groups excluding carboxylic acids is 1. The van der Waals surface area contributed by atoms with E-state index in [0.717, 1.165) is 60.2 Å². The molecule has 1 radical (unpaired) electrons. The first-order chi connectivity index (χ1) is 19.3. The quantitative estimate of drug-likeness (QED) is 0.136. The van der Waals surface area contributed by atoms with Crippen molar-refractivity contribution in [3.05, 3.63) is 77.1 Å². The number of aliphatic hydroxyl groups is 1. The van der Waals surface area contributed by atoms with E-state index in [0.29, 0.717) is 0 Å². The van der Waals surface area contributed by atoms with Crippen LogP contribution in [0.3, 0.4) is 0 Å². The summed E-state index contributed by atoms with van der Waals surface area (Å²) in [6.07, 6.45) is 10.7. The number of aromatic nitrogens is 1. The second-order valence-electron chi connectivity index (χ2n) is 12.2. The van der Waals surface area contributed by atoms with Gasteiger partial charge in [-0.15, -0.1) is 34.9 Å². The summed E-state index contributed by atoms with van der Waals surface area (Å²) in [4.78, 5) is 16.6. The van der Waals surface area contributed by atoms with E-state index in [2.05, 4.69) is 62.4 Å². The predicted molar refractivity (Wildman–Crippen MR) is 168 cm³/mol. The Morgan fingerprint density at radius 1 is 0.951 bits per heavy atom. The molecule has 2 bridgehead atoms. The number of fused-ring (bicyclic) bond motifs is 3. The van der Waals surface area contributed by atoms with Crippen molar-refractivity contribution in [1.29, 1.82) is 0 Å². The van der Waals surface area contributed by atoms with Crippen molar-refractivity contribution < 1.29 is 30.0 Å². The fraction of sp³-hybridized carbons (Fsp3) is 0.514. The normalized spacial score (nSPS) is 19.8. The molecule has 4 heteroatoms. The third-order valence-electron chi connectivity index (χ3n) is 9.39. The van der Waals surface area contributed by atoms with E-state index in [9.17, 15) is 9.90 Å². The van der Waals surface area contributed by atoms with E-state index in [4.69, 9.17) is 4.98 Å². The number of allylic oxidation sites excluding steroid dienone is 2. The second-order valence-corrected chi connectivity index (χ2v) is 12.2. The molecule has 0 spiro atoms. The molecule has 3 aromatic rings. The number of nitrogens with zero attached hydrogens (tertiary/aromatic N) is 1. The number of hydrogen-bond acceptors (Lipinski definition) is 3. The fourth-order valence-corrected chi connectivity index (χ4v) is 6.99. The Balaban J connectivity index is 0.000000253. The van der Waals surface area contributed by atoms with E-state index < -0.39 is 0 Å². The average molecular weight is 731 g/mol. The molecule has 1 N–H and O–H groups in total. The number of benzene rings is 2. The standard InChI is InChI=1S/C24H24N.C13H24O2.Ir/c1-15-9-16(2)11-21(10-15)24-8-6-20-14-19(5-7-23(20)25-24)22-13-17-3-4-18(22)12-17;1-5-10(6-2)12(14)9-13(15)11(7-3)8-4;/h5-10,14,17-18,22H,3-4,12-13H2,1-2H3;9-11,14H,5-8H2,1-4H3;/q-1;;/b;12-9-;. The summed E-state index contributed by atoms with van der Waals surface area (Å²) in [5.41, 5.74) is 7.18. The van der Waals surface area contributed by atoms with Crippen LogP contribution in [0.25, 0.3) is 22.2 Å². The van der Waals surface area contributed by atoms with Crippen molar-refractivity contribution in [2.45, 2.75) is 98.8 Å². The molecule has 2 saturated carbocycles. The Bertz CT molecular complexity index is 1320. The number of aliphatic hydroxyl groups excluding tert-OH is 1. The van der Waals surface area contributed by atoms with Gasteiger partial charge in [0.05, 0.1) is 11.3 Å². The third-order valence-corrected chi connectivity index (χ3v) is 9.39. The van der Waals surface area contributed by atoms with Crippen LogP contribution >= 0.6 is 0 Å². The van der Waals surface area contributed by atoms with Gasteiger partial charge in [-0.2, -0.15) is 0 Å². The summed E-state index contributed by atoms with van der Waals surface area (Å²) >= 11 is 0. The molecule has 41 heavy (non-hydrogen) atoms. The zero-order chi connectivity index (χ0) is 28.8. The summed E-state index contributed by atoms with van der Waals surface area (Å²) in [7, 11) is 0. The second kappa shape index (κ2) is 15.3. The largest absolute Gasteiger partial charge is 0.512 e. The average Bonchev–Trinajstić information content (AvgIpc) is 3.58. The Kier molecular flexibility index (Phi) is 12.4. The summed E-state index contributed by atoms with van der Waals surface area (Å²) in [6, 6.07) is 19.1. The zero-order valence-electron chi connectivity index (χ0n) is 25.8. The van der Waals surface area contributed by atoms with E-state index in [1.165, 1.54) is 53.8 Å². The maximum atomic E-state index is 11.7. The Hall–Kier alpha value is -2.29. The SMILES string of the molecule is CCC(CC)C(=O)/C=C(\O)C(CC)CC.Cc1[c-]c(-c2ccc3cc(C4CC5CCC4C5)ccc3n2)cc(C)c1.[Ir]. The molecular formula is C37H48IrNO2-. The van der Waals surface area contributed by atoms with Crippen LogP contribution in [0.2, 0.25) is 0 Å². The molecular weight excluding hydrogens is 683 g/mol. The molecule has 223 valence electrons. The van der Waals surface area contributed by atoms with Crippen LogP contribution in [0.1, 0.15) is 102 Å². The van der Waals surface area contributed by atoms with Gasteiger partial charge in [0.25, 0.3) is 0 Å². The van der Waals surface area contributed by atoms with Crippen LogP contribution in [-0.2, 0) is 24.9 Å². The molecule has 1 heterocycles. The molecule has 2 aliphatic carbocycles.